The summed E-state index contributed by atoms with van der Waals surface area (Å²) in [5, 5.41) is 33.4. The van der Waals surface area contributed by atoms with Crippen LogP contribution in [0.5, 0.6) is 0 Å². The van der Waals surface area contributed by atoms with Crippen molar-refractivity contribution in [1.29, 1.82) is 5.26 Å². The van der Waals surface area contributed by atoms with Crippen LogP contribution in [0.3, 0.4) is 0 Å². The van der Waals surface area contributed by atoms with Crippen molar-refractivity contribution in [1.82, 2.24) is 25.6 Å². The molecule has 0 spiro atoms. The molecule has 0 radical (unpaired) electrons. The van der Waals surface area contributed by atoms with E-state index in [0.29, 0.717) is 28.8 Å². The Balaban J connectivity index is 1.66. The summed E-state index contributed by atoms with van der Waals surface area (Å²) in [5.74, 6) is 1.32. The first-order valence-electron chi connectivity index (χ1n) is 12.6. The maximum absolute atomic E-state index is 10.8. The average Bonchev–Trinajstić information content (AvgIpc) is 2.83. The van der Waals surface area contributed by atoms with Crippen LogP contribution < -0.4 is 21.3 Å². The van der Waals surface area contributed by atoms with Gasteiger partial charge in [0.2, 0.25) is 5.95 Å². The SMILES string of the molecule is CC(C)NC(O)c1cnc(Nc2ccc3c(c2)CNCC3(C)C)nc1Nc1cccc(C(C)(C)C#N)n1. The molecule has 5 N–H and O–H groups in total. The molecule has 3 aromatic rings. The number of aliphatic hydroxyl groups is 1. The van der Waals surface area contributed by atoms with Gasteiger partial charge in [-0.3, -0.25) is 5.32 Å². The monoisotopic (exact) mass is 500 g/mol. The molecule has 1 atom stereocenters. The van der Waals surface area contributed by atoms with Crippen LogP contribution in [-0.4, -0.2) is 32.6 Å². The van der Waals surface area contributed by atoms with Crippen molar-refractivity contribution in [3.8, 4) is 6.07 Å². The number of nitrogens with one attached hydrogen (secondary N) is 4. The normalized spacial score (nSPS) is 15.5. The zero-order chi connectivity index (χ0) is 26.8. The zero-order valence-electron chi connectivity index (χ0n) is 22.3. The Bertz CT molecular complexity index is 1310. The van der Waals surface area contributed by atoms with E-state index in [1.54, 1.807) is 12.3 Å². The molecule has 1 aliphatic heterocycles. The number of fused-ring (bicyclic) bond motifs is 1. The minimum atomic E-state index is -0.979. The third kappa shape index (κ3) is 6.05. The fourth-order valence-electron chi connectivity index (χ4n) is 4.40. The Labute approximate surface area is 218 Å². The van der Waals surface area contributed by atoms with E-state index >= 15 is 0 Å². The molecule has 2 aromatic heterocycles. The summed E-state index contributed by atoms with van der Waals surface area (Å²) >= 11 is 0. The van der Waals surface area contributed by atoms with Gasteiger partial charge in [-0.1, -0.05) is 26.0 Å². The van der Waals surface area contributed by atoms with E-state index in [1.807, 2.05) is 45.9 Å². The molecular weight excluding hydrogens is 464 g/mol. The first-order valence-corrected chi connectivity index (χ1v) is 12.6. The molecule has 4 rings (SSSR count). The maximum atomic E-state index is 10.8. The lowest BCUT2D eigenvalue weighted by atomic mass is 9.79. The number of aromatic nitrogens is 3. The van der Waals surface area contributed by atoms with Crippen LogP contribution >= 0.6 is 0 Å². The Kier molecular flexibility index (Phi) is 7.46. The summed E-state index contributed by atoms with van der Waals surface area (Å²) in [5.41, 5.74) is 3.92. The van der Waals surface area contributed by atoms with Crippen molar-refractivity contribution in [3.05, 3.63) is 65.0 Å². The summed E-state index contributed by atoms with van der Waals surface area (Å²) in [4.78, 5) is 13.8. The third-order valence-electron chi connectivity index (χ3n) is 6.49. The largest absolute Gasteiger partial charge is 0.374 e. The van der Waals surface area contributed by atoms with E-state index in [-0.39, 0.29) is 11.5 Å². The van der Waals surface area contributed by atoms with Crippen LogP contribution in [0.25, 0.3) is 0 Å². The summed E-state index contributed by atoms with van der Waals surface area (Å²) in [6.07, 6.45) is 0.622. The highest BCUT2D eigenvalue weighted by atomic mass is 16.3. The maximum Gasteiger partial charge on any atom is 0.229 e. The van der Waals surface area contributed by atoms with Gasteiger partial charge in [-0.25, -0.2) is 9.97 Å². The molecule has 37 heavy (non-hydrogen) atoms. The second-order valence-corrected chi connectivity index (χ2v) is 11.0. The van der Waals surface area contributed by atoms with Gasteiger partial charge in [0.1, 0.15) is 17.9 Å². The molecule has 9 heteroatoms. The number of anilines is 4. The average molecular weight is 501 g/mol. The first-order chi connectivity index (χ1) is 17.5. The first kappa shape index (κ1) is 26.5. The van der Waals surface area contributed by atoms with Gasteiger partial charge in [0, 0.05) is 36.4 Å². The van der Waals surface area contributed by atoms with E-state index in [9.17, 15) is 10.4 Å². The van der Waals surface area contributed by atoms with Crippen molar-refractivity contribution < 1.29 is 5.11 Å². The standard InChI is InChI=1S/C28H36N8O/c1-17(2)32-25(37)20-14-31-26(33-19-10-11-21-18(12-19)13-30-16-28(21,5)6)36-24(20)35-23-9-7-8-22(34-23)27(3,4)15-29/h7-12,14,17,25,30,32,37H,13,16H2,1-6H3,(H2,31,33,34,35,36). The van der Waals surface area contributed by atoms with Crippen LogP contribution in [0.4, 0.5) is 23.3 Å². The number of benzene rings is 1. The Hall–Kier alpha value is -3.58. The molecule has 194 valence electrons. The predicted molar refractivity (Wildman–Crippen MR) is 146 cm³/mol. The molecule has 0 aliphatic carbocycles. The van der Waals surface area contributed by atoms with Crippen LogP contribution in [0.15, 0.2) is 42.6 Å². The van der Waals surface area contributed by atoms with Gasteiger partial charge in [0.05, 0.1) is 22.7 Å². The predicted octanol–water partition coefficient (Wildman–Crippen LogP) is 4.53. The number of pyridine rings is 1. The van der Waals surface area contributed by atoms with Crippen molar-refractivity contribution in [2.24, 2.45) is 0 Å². The van der Waals surface area contributed by atoms with Gasteiger partial charge in [-0.15, -0.1) is 0 Å². The van der Waals surface area contributed by atoms with Crippen molar-refractivity contribution in [2.75, 3.05) is 17.2 Å². The fraction of sp³-hybridized carbons (Fsp3) is 0.429. The molecule has 0 fully saturated rings. The smallest absolute Gasteiger partial charge is 0.229 e. The lowest BCUT2D eigenvalue weighted by Gasteiger charge is -2.33. The van der Waals surface area contributed by atoms with Gasteiger partial charge in [-0.05, 0) is 63.1 Å². The van der Waals surface area contributed by atoms with E-state index in [4.69, 9.17) is 4.98 Å². The van der Waals surface area contributed by atoms with E-state index in [0.717, 1.165) is 18.8 Å². The zero-order valence-corrected chi connectivity index (χ0v) is 22.3. The number of nitrogens with zero attached hydrogens (tertiary/aromatic N) is 4. The van der Waals surface area contributed by atoms with Crippen molar-refractivity contribution in [3.63, 3.8) is 0 Å². The third-order valence-corrected chi connectivity index (χ3v) is 6.49. The second-order valence-electron chi connectivity index (χ2n) is 11.0. The van der Waals surface area contributed by atoms with Gasteiger partial charge >= 0.3 is 0 Å². The van der Waals surface area contributed by atoms with Crippen LogP contribution in [-0.2, 0) is 17.4 Å². The Morgan fingerprint density at radius 3 is 2.65 bits per heavy atom. The van der Waals surface area contributed by atoms with E-state index in [2.05, 4.69) is 63.3 Å². The molecule has 3 heterocycles. The molecule has 0 bridgehead atoms. The molecule has 9 nitrogen and oxygen atoms in total. The minimum Gasteiger partial charge on any atom is -0.374 e. The van der Waals surface area contributed by atoms with Crippen molar-refractivity contribution >= 4 is 23.3 Å². The Morgan fingerprint density at radius 2 is 1.92 bits per heavy atom. The highest BCUT2D eigenvalue weighted by molar-refractivity contribution is 5.62. The summed E-state index contributed by atoms with van der Waals surface area (Å²) in [6, 6.07) is 14.1. The van der Waals surface area contributed by atoms with Crippen LogP contribution in [0.2, 0.25) is 0 Å². The fourth-order valence-corrected chi connectivity index (χ4v) is 4.40. The quantitative estimate of drug-likeness (QED) is 0.283. The van der Waals surface area contributed by atoms with Gasteiger partial charge in [-0.2, -0.15) is 10.2 Å². The second kappa shape index (κ2) is 10.4. The summed E-state index contributed by atoms with van der Waals surface area (Å²) in [6.45, 7) is 13.8. The molecule has 0 saturated heterocycles. The van der Waals surface area contributed by atoms with E-state index < -0.39 is 11.6 Å². The number of hydrogen-bond acceptors (Lipinski definition) is 9. The highest BCUT2D eigenvalue weighted by Crippen LogP contribution is 2.32. The lowest BCUT2D eigenvalue weighted by Crippen LogP contribution is -2.38. The molecule has 1 aromatic carbocycles. The van der Waals surface area contributed by atoms with Crippen LogP contribution in [0, 0.1) is 11.3 Å². The van der Waals surface area contributed by atoms with Crippen molar-refractivity contribution in [2.45, 2.75) is 71.2 Å². The van der Waals surface area contributed by atoms with Gasteiger partial charge < -0.3 is 21.1 Å². The number of hydrogen-bond donors (Lipinski definition) is 5. The van der Waals surface area contributed by atoms with Crippen LogP contribution in [0.1, 0.15) is 70.2 Å². The highest BCUT2D eigenvalue weighted by Gasteiger charge is 2.27. The summed E-state index contributed by atoms with van der Waals surface area (Å²) in [7, 11) is 0. The molecule has 1 unspecified atom stereocenters. The number of nitriles is 1. The lowest BCUT2D eigenvalue weighted by molar-refractivity contribution is 0.129. The number of aliphatic hydroxyl groups excluding tert-OH is 1. The van der Waals surface area contributed by atoms with Gasteiger partial charge in [0.15, 0.2) is 0 Å². The number of rotatable bonds is 8. The summed E-state index contributed by atoms with van der Waals surface area (Å²) < 4.78 is 0. The topological polar surface area (TPSA) is 131 Å². The van der Waals surface area contributed by atoms with E-state index in [1.165, 1.54) is 11.1 Å². The molecule has 0 saturated carbocycles. The molecular formula is C28H36N8O. The molecule has 1 aliphatic rings. The molecule has 0 amide bonds. The Morgan fingerprint density at radius 1 is 1.14 bits per heavy atom. The minimum absolute atomic E-state index is 0.0480. The van der Waals surface area contributed by atoms with Gasteiger partial charge in [0.25, 0.3) is 0 Å².